The first-order valence-corrected chi connectivity index (χ1v) is 12.4. The predicted octanol–water partition coefficient (Wildman–Crippen LogP) is 5.86. The Balaban J connectivity index is 0.00000210. The number of carbonyl (C=O) groups excluding carboxylic acids is 1. The number of anilines is 2. The Morgan fingerprint density at radius 3 is 2.51 bits per heavy atom. The van der Waals surface area contributed by atoms with Gasteiger partial charge in [-0.1, -0.05) is 48.5 Å². The summed E-state index contributed by atoms with van der Waals surface area (Å²) < 4.78 is 7.56. The number of unbranched alkanes of at least 4 members (excludes halogenated alkanes) is 1. The van der Waals surface area contributed by atoms with Crippen molar-refractivity contribution in [2.24, 2.45) is 0 Å². The molecule has 5 rings (SSSR count). The molecule has 0 fully saturated rings. The van der Waals surface area contributed by atoms with Crippen molar-refractivity contribution in [3.05, 3.63) is 90.3 Å². The van der Waals surface area contributed by atoms with Gasteiger partial charge in [0.05, 0.1) is 18.1 Å². The Labute approximate surface area is 218 Å². The van der Waals surface area contributed by atoms with E-state index in [2.05, 4.69) is 38.4 Å². The predicted molar refractivity (Wildman–Crippen MR) is 152 cm³/mol. The molecule has 5 aromatic rings. The van der Waals surface area contributed by atoms with E-state index in [-0.39, 0.29) is 8.88 Å². The van der Waals surface area contributed by atoms with E-state index in [1.165, 1.54) is 0 Å². The molecule has 0 aliphatic rings. The van der Waals surface area contributed by atoms with Crippen LogP contribution < -0.4 is 21.1 Å². The molecule has 3 aromatic carbocycles. The second-order valence-corrected chi connectivity index (χ2v) is 8.87. The maximum atomic E-state index is 12.2. The molecule has 0 spiro atoms. The molecule has 4 N–H and O–H groups in total. The minimum Gasteiger partial charge on any atom is -0.497 e. The van der Waals surface area contributed by atoms with Crippen LogP contribution in [0.5, 0.6) is 5.75 Å². The van der Waals surface area contributed by atoms with Crippen molar-refractivity contribution in [1.82, 2.24) is 19.9 Å². The molecule has 2 amide bonds. The number of pyridine rings is 1. The molecule has 8 heteroatoms. The summed E-state index contributed by atoms with van der Waals surface area (Å²) in [4.78, 5) is 21.7. The number of nitrogens with two attached hydrogens (primary N) is 1. The lowest BCUT2D eigenvalue weighted by molar-refractivity contribution is 0.252. The molecule has 0 radical (unpaired) electrons. The standard InChI is InChI=1S/C29H30N6O2.2H2/c1-37-22-15-13-20(14-16-22)19-25-34-26-27(23-11-5-6-12-24(23)33-28(26)30)35(25)18-8-7-17-31-29(36)32-21-9-3-2-4-10-21;;/h2-6,9-16H,7-8,17-19H2,1H3,(H2,30,33)(H2,31,32,36);2*1H. The summed E-state index contributed by atoms with van der Waals surface area (Å²) in [6, 6.07) is 25.2. The molecule has 37 heavy (non-hydrogen) atoms. The number of hydrogen-bond acceptors (Lipinski definition) is 5. The van der Waals surface area contributed by atoms with E-state index < -0.39 is 0 Å². The van der Waals surface area contributed by atoms with Crippen LogP contribution in [0.4, 0.5) is 16.3 Å². The van der Waals surface area contributed by atoms with Gasteiger partial charge in [0, 0.05) is 33.4 Å². The van der Waals surface area contributed by atoms with Crippen LogP contribution in [0.25, 0.3) is 21.9 Å². The average Bonchev–Trinajstić information content (AvgIpc) is 3.28. The number of aryl methyl sites for hydroxylation is 1. The molecule has 0 saturated carbocycles. The van der Waals surface area contributed by atoms with Gasteiger partial charge in [0.15, 0.2) is 5.82 Å². The zero-order valence-electron chi connectivity index (χ0n) is 20.8. The molecule has 0 aliphatic heterocycles. The molecule has 0 saturated heterocycles. The summed E-state index contributed by atoms with van der Waals surface area (Å²) in [6.07, 6.45) is 2.34. The van der Waals surface area contributed by atoms with Crippen molar-refractivity contribution in [2.75, 3.05) is 24.7 Å². The molecule has 8 nitrogen and oxygen atoms in total. The molecular formula is C29H34N6O2. The number of hydrogen-bond donors (Lipinski definition) is 3. The minimum absolute atomic E-state index is 0. The first-order valence-electron chi connectivity index (χ1n) is 12.4. The van der Waals surface area contributed by atoms with Crippen LogP contribution in [0.1, 0.15) is 27.1 Å². The van der Waals surface area contributed by atoms with Gasteiger partial charge in [-0.05, 0) is 48.7 Å². The molecule has 2 aromatic heterocycles. The third-order valence-electron chi connectivity index (χ3n) is 6.34. The smallest absolute Gasteiger partial charge is 0.319 e. The molecule has 2 heterocycles. The number of nitrogens with zero attached hydrogens (tertiary/aromatic N) is 3. The van der Waals surface area contributed by atoms with Crippen LogP contribution in [0, 0.1) is 0 Å². The molecule has 0 unspecified atom stereocenters. The number of urea groups is 1. The molecular weight excluding hydrogens is 464 g/mol. The topological polar surface area (TPSA) is 107 Å². The van der Waals surface area contributed by atoms with Gasteiger partial charge in [-0.25, -0.2) is 14.8 Å². The van der Waals surface area contributed by atoms with Crippen LogP contribution in [0.15, 0.2) is 78.9 Å². The van der Waals surface area contributed by atoms with Crippen molar-refractivity contribution in [3.8, 4) is 5.75 Å². The Hall–Kier alpha value is -4.59. The van der Waals surface area contributed by atoms with E-state index in [0.717, 1.165) is 64.1 Å². The van der Waals surface area contributed by atoms with E-state index in [0.29, 0.717) is 18.8 Å². The van der Waals surface area contributed by atoms with Crippen LogP contribution in [-0.4, -0.2) is 34.2 Å². The van der Waals surface area contributed by atoms with Gasteiger partial charge in [0.2, 0.25) is 0 Å². The van der Waals surface area contributed by atoms with E-state index >= 15 is 0 Å². The minimum atomic E-state index is -0.204. The lowest BCUT2D eigenvalue weighted by Gasteiger charge is -2.12. The summed E-state index contributed by atoms with van der Waals surface area (Å²) in [5.74, 6) is 2.18. The second kappa shape index (κ2) is 11.0. The number of rotatable bonds is 9. The van der Waals surface area contributed by atoms with Gasteiger partial charge < -0.3 is 25.7 Å². The number of methoxy groups -OCH3 is 1. The lowest BCUT2D eigenvalue weighted by atomic mass is 10.1. The van der Waals surface area contributed by atoms with Crippen LogP contribution in [0.2, 0.25) is 0 Å². The SMILES string of the molecule is COc1ccc(Cc2nc3c(N)nc4ccccc4c3n2CCCCNC(=O)Nc2ccccc2)cc1.[HH].[HH]. The van der Waals surface area contributed by atoms with Crippen molar-refractivity contribution < 1.29 is 12.4 Å². The summed E-state index contributed by atoms with van der Waals surface area (Å²) in [5, 5.41) is 6.81. The third-order valence-corrected chi connectivity index (χ3v) is 6.34. The fraction of sp³-hybridized carbons (Fsp3) is 0.207. The van der Waals surface area contributed by atoms with Gasteiger partial charge in [-0.15, -0.1) is 0 Å². The fourth-order valence-electron chi connectivity index (χ4n) is 4.50. The van der Waals surface area contributed by atoms with E-state index in [1.54, 1.807) is 7.11 Å². The maximum absolute atomic E-state index is 12.2. The number of nitrogens with one attached hydrogen (secondary N) is 2. The normalized spacial score (nSPS) is 11.1. The summed E-state index contributed by atoms with van der Waals surface area (Å²) in [7, 11) is 1.66. The van der Waals surface area contributed by atoms with Gasteiger partial charge in [0.25, 0.3) is 0 Å². The van der Waals surface area contributed by atoms with Crippen molar-refractivity contribution in [1.29, 1.82) is 0 Å². The number of carbonyl (C=O) groups is 1. The van der Waals surface area contributed by atoms with Crippen molar-refractivity contribution in [3.63, 3.8) is 0 Å². The van der Waals surface area contributed by atoms with Gasteiger partial charge in [-0.2, -0.15) is 0 Å². The maximum Gasteiger partial charge on any atom is 0.319 e. The average molecular weight is 499 g/mol. The van der Waals surface area contributed by atoms with Crippen molar-refractivity contribution >= 4 is 39.5 Å². The lowest BCUT2D eigenvalue weighted by Crippen LogP contribution is -2.29. The van der Waals surface area contributed by atoms with Crippen LogP contribution >= 0.6 is 0 Å². The number of amides is 2. The highest BCUT2D eigenvalue weighted by Crippen LogP contribution is 2.30. The van der Waals surface area contributed by atoms with E-state index in [9.17, 15) is 4.79 Å². The zero-order chi connectivity index (χ0) is 25.6. The monoisotopic (exact) mass is 498 g/mol. The van der Waals surface area contributed by atoms with E-state index in [1.807, 2.05) is 60.7 Å². The molecule has 0 bridgehead atoms. The Morgan fingerprint density at radius 1 is 0.973 bits per heavy atom. The molecule has 0 aliphatic carbocycles. The number of para-hydroxylation sites is 2. The van der Waals surface area contributed by atoms with Crippen LogP contribution in [0.3, 0.4) is 0 Å². The highest BCUT2D eigenvalue weighted by molar-refractivity contribution is 6.06. The fourth-order valence-corrected chi connectivity index (χ4v) is 4.50. The summed E-state index contributed by atoms with van der Waals surface area (Å²) in [6.45, 7) is 1.32. The summed E-state index contributed by atoms with van der Waals surface area (Å²) >= 11 is 0. The number of aromatic nitrogens is 3. The summed E-state index contributed by atoms with van der Waals surface area (Å²) in [5.41, 5.74) is 10.8. The van der Waals surface area contributed by atoms with Gasteiger partial charge >= 0.3 is 6.03 Å². The Bertz CT molecular complexity index is 1520. The number of benzene rings is 3. The molecule has 0 atom stereocenters. The quantitative estimate of drug-likeness (QED) is 0.221. The number of imidazole rings is 1. The van der Waals surface area contributed by atoms with Gasteiger partial charge in [0.1, 0.15) is 17.1 Å². The number of fused-ring (bicyclic) bond motifs is 3. The number of nitrogen functional groups attached to an aromatic ring is 1. The zero-order valence-corrected chi connectivity index (χ0v) is 20.8. The first-order chi connectivity index (χ1) is 18.1. The third kappa shape index (κ3) is 5.48. The highest BCUT2D eigenvalue weighted by Gasteiger charge is 2.17. The highest BCUT2D eigenvalue weighted by atomic mass is 16.5. The van der Waals surface area contributed by atoms with Crippen molar-refractivity contribution in [2.45, 2.75) is 25.8 Å². The first kappa shape index (κ1) is 24.1. The molecule has 192 valence electrons. The Morgan fingerprint density at radius 2 is 1.73 bits per heavy atom. The Kier molecular flexibility index (Phi) is 7.16. The van der Waals surface area contributed by atoms with Gasteiger partial charge in [-0.3, -0.25) is 0 Å². The second-order valence-electron chi connectivity index (χ2n) is 8.87. The largest absolute Gasteiger partial charge is 0.497 e. The van der Waals surface area contributed by atoms with E-state index in [4.69, 9.17) is 15.5 Å². The number of ether oxygens (including phenoxy) is 1. The van der Waals surface area contributed by atoms with Crippen LogP contribution in [-0.2, 0) is 13.0 Å².